The summed E-state index contributed by atoms with van der Waals surface area (Å²) < 4.78 is 16.5. The number of para-hydroxylation sites is 1. The van der Waals surface area contributed by atoms with E-state index in [4.69, 9.17) is 19.7 Å². The van der Waals surface area contributed by atoms with Crippen LogP contribution < -0.4 is 10.5 Å². The molecule has 0 aliphatic carbocycles. The Labute approximate surface area is 158 Å². The summed E-state index contributed by atoms with van der Waals surface area (Å²) >= 11 is 0. The highest BCUT2D eigenvalue weighted by Crippen LogP contribution is 2.30. The van der Waals surface area contributed by atoms with E-state index in [2.05, 4.69) is 10.1 Å². The Hall–Kier alpha value is -2.41. The van der Waals surface area contributed by atoms with Crippen molar-refractivity contribution in [2.75, 3.05) is 19.8 Å². The number of rotatable bonds is 8. The van der Waals surface area contributed by atoms with Gasteiger partial charge in [-0.25, -0.2) is 0 Å². The van der Waals surface area contributed by atoms with Crippen molar-refractivity contribution in [1.29, 1.82) is 0 Å². The van der Waals surface area contributed by atoms with Gasteiger partial charge in [-0.3, -0.25) is 0 Å². The zero-order valence-corrected chi connectivity index (χ0v) is 15.4. The van der Waals surface area contributed by atoms with Crippen LogP contribution in [0.1, 0.15) is 12.5 Å². The van der Waals surface area contributed by atoms with E-state index >= 15 is 0 Å². The van der Waals surface area contributed by atoms with E-state index < -0.39 is 0 Å². The van der Waals surface area contributed by atoms with Gasteiger partial charge in [0.2, 0.25) is 5.82 Å². The van der Waals surface area contributed by atoms with E-state index in [9.17, 15) is 0 Å². The third kappa shape index (κ3) is 4.82. The summed E-state index contributed by atoms with van der Waals surface area (Å²) in [6, 6.07) is 15.4. The van der Waals surface area contributed by atoms with Crippen molar-refractivity contribution in [2.45, 2.75) is 13.5 Å². The lowest BCUT2D eigenvalue weighted by molar-refractivity contribution is 0.110. The minimum Gasteiger partial charge on any atom is -0.490 e. The van der Waals surface area contributed by atoms with Crippen LogP contribution in [0.3, 0.4) is 0 Å². The summed E-state index contributed by atoms with van der Waals surface area (Å²) in [6.07, 6.45) is 0. The molecule has 0 saturated heterocycles. The predicted octanol–water partition coefficient (Wildman–Crippen LogP) is 3.70. The van der Waals surface area contributed by atoms with E-state index in [1.54, 1.807) is 0 Å². The monoisotopic (exact) mass is 375 g/mol. The van der Waals surface area contributed by atoms with Gasteiger partial charge in [-0.1, -0.05) is 41.6 Å². The standard InChI is InChI=1S/C19H21N3O3.ClH/c1-2-23-11-12-24-17-6-4-3-5-16(17)19-21-18(22-25-19)15-9-7-14(13-20)8-10-15;/h3-10H,2,11-13,20H2,1H3;1H. The third-order valence-electron chi connectivity index (χ3n) is 3.68. The molecule has 0 aliphatic heterocycles. The Morgan fingerprint density at radius 3 is 2.54 bits per heavy atom. The third-order valence-corrected chi connectivity index (χ3v) is 3.68. The van der Waals surface area contributed by atoms with Crippen molar-refractivity contribution in [3.05, 3.63) is 54.1 Å². The number of aromatic nitrogens is 2. The molecule has 0 amide bonds. The van der Waals surface area contributed by atoms with Crippen molar-refractivity contribution in [2.24, 2.45) is 5.73 Å². The molecule has 26 heavy (non-hydrogen) atoms. The number of nitrogens with zero attached hydrogens (tertiary/aromatic N) is 2. The van der Waals surface area contributed by atoms with Crippen LogP contribution in [0.5, 0.6) is 5.75 Å². The Bertz CT molecular complexity index is 806. The molecule has 0 radical (unpaired) electrons. The number of benzene rings is 2. The zero-order valence-electron chi connectivity index (χ0n) is 14.6. The average Bonchev–Trinajstić information content (AvgIpc) is 3.15. The molecule has 1 aromatic heterocycles. The largest absolute Gasteiger partial charge is 0.490 e. The summed E-state index contributed by atoms with van der Waals surface area (Å²) in [5.74, 6) is 1.64. The maximum Gasteiger partial charge on any atom is 0.262 e. The fraction of sp³-hybridized carbons (Fsp3) is 0.263. The lowest BCUT2D eigenvalue weighted by Crippen LogP contribution is -2.06. The molecule has 2 aromatic carbocycles. The van der Waals surface area contributed by atoms with Crippen molar-refractivity contribution in [1.82, 2.24) is 10.1 Å². The SMILES string of the molecule is CCOCCOc1ccccc1-c1nc(-c2ccc(CN)cc2)no1.Cl. The molecule has 0 spiro atoms. The number of hydrogen-bond donors (Lipinski definition) is 1. The van der Waals surface area contributed by atoms with Crippen LogP contribution in [-0.4, -0.2) is 30.0 Å². The molecule has 0 unspecified atom stereocenters. The molecule has 2 N–H and O–H groups in total. The van der Waals surface area contributed by atoms with E-state index in [-0.39, 0.29) is 12.4 Å². The molecule has 3 rings (SSSR count). The summed E-state index contributed by atoms with van der Waals surface area (Å²) in [4.78, 5) is 4.49. The molecule has 6 nitrogen and oxygen atoms in total. The van der Waals surface area contributed by atoms with Crippen molar-refractivity contribution in [3.8, 4) is 28.6 Å². The second-order valence-electron chi connectivity index (χ2n) is 5.37. The minimum absolute atomic E-state index is 0. The molecule has 0 aliphatic rings. The van der Waals surface area contributed by atoms with Crippen molar-refractivity contribution < 1.29 is 14.0 Å². The summed E-state index contributed by atoms with van der Waals surface area (Å²) in [7, 11) is 0. The van der Waals surface area contributed by atoms with Gasteiger partial charge in [-0.05, 0) is 24.6 Å². The van der Waals surface area contributed by atoms with Gasteiger partial charge in [0.1, 0.15) is 12.4 Å². The number of hydrogen-bond acceptors (Lipinski definition) is 6. The molecule has 3 aromatic rings. The maximum absolute atomic E-state index is 5.77. The van der Waals surface area contributed by atoms with Gasteiger partial charge in [0, 0.05) is 18.7 Å². The van der Waals surface area contributed by atoms with E-state index in [0.29, 0.717) is 43.8 Å². The molecule has 0 fully saturated rings. The first kappa shape index (κ1) is 19.9. The highest BCUT2D eigenvalue weighted by atomic mass is 35.5. The van der Waals surface area contributed by atoms with Gasteiger partial charge in [0.05, 0.1) is 12.2 Å². The van der Waals surface area contributed by atoms with Crippen LogP contribution in [0.25, 0.3) is 22.8 Å². The van der Waals surface area contributed by atoms with Crippen LogP contribution >= 0.6 is 12.4 Å². The van der Waals surface area contributed by atoms with Crippen LogP contribution in [0.15, 0.2) is 53.1 Å². The van der Waals surface area contributed by atoms with Crippen LogP contribution in [0.2, 0.25) is 0 Å². The fourth-order valence-electron chi connectivity index (χ4n) is 2.36. The summed E-state index contributed by atoms with van der Waals surface area (Å²) in [6.45, 7) is 4.12. The number of ether oxygens (including phenoxy) is 2. The molecule has 0 saturated carbocycles. The van der Waals surface area contributed by atoms with Crippen LogP contribution in [-0.2, 0) is 11.3 Å². The molecular formula is C19H22ClN3O3. The Morgan fingerprint density at radius 1 is 1.04 bits per heavy atom. The van der Waals surface area contributed by atoms with Gasteiger partial charge in [-0.15, -0.1) is 12.4 Å². The van der Waals surface area contributed by atoms with Gasteiger partial charge in [0.25, 0.3) is 5.89 Å². The molecule has 7 heteroatoms. The molecule has 138 valence electrons. The fourth-order valence-corrected chi connectivity index (χ4v) is 2.36. The lowest BCUT2D eigenvalue weighted by atomic mass is 10.1. The smallest absolute Gasteiger partial charge is 0.262 e. The van der Waals surface area contributed by atoms with Gasteiger partial charge < -0.3 is 19.7 Å². The summed E-state index contributed by atoms with van der Waals surface area (Å²) in [5.41, 5.74) is 8.31. The van der Waals surface area contributed by atoms with Crippen molar-refractivity contribution >= 4 is 12.4 Å². The summed E-state index contributed by atoms with van der Waals surface area (Å²) in [5, 5.41) is 4.07. The van der Waals surface area contributed by atoms with E-state index in [1.807, 2.05) is 55.5 Å². The van der Waals surface area contributed by atoms with Gasteiger partial charge >= 0.3 is 0 Å². The second-order valence-corrected chi connectivity index (χ2v) is 5.37. The van der Waals surface area contributed by atoms with E-state index in [1.165, 1.54) is 0 Å². The molecular weight excluding hydrogens is 354 g/mol. The lowest BCUT2D eigenvalue weighted by Gasteiger charge is -2.08. The minimum atomic E-state index is 0. The first-order valence-corrected chi connectivity index (χ1v) is 8.25. The zero-order chi connectivity index (χ0) is 17.5. The normalized spacial score (nSPS) is 10.4. The molecule has 1 heterocycles. The first-order valence-electron chi connectivity index (χ1n) is 8.25. The maximum atomic E-state index is 5.77. The Balaban J connectivity index is 0.00000243. The first-order chi connectivity index (χ1) is 12.3. The molecule has 0 atom stereocenters. The van der Waals surface area contributed by atoms with Crippen LogP contribution in [0, 0.1) is 0 Å². The molecule has 0 bridgehead atoms. The number of halogens is 1. The average molecular weight is 376 g/mol. The number of nitrogens with two attached hydrogens (primary N) is 1. The topological polar surface area (TPSA) is 83.4 Å². The highest BCUT2D eigenvalue weighted by Gasteiger charge is 2.14. The predicted molar refractivity (Wildman–Crippen MR) is 102 cm³/mol. The van der Waals surface area contributed by atoms with Gasteiger partial charge in [0.15, 0.2) is 0 Å². The highest BCUT2D eigenvalue weighted by molar-refractivity contribution is 5.85. The van der Waals surface area contributed by atoms with Crippen LogP contribution in [0.4, 0.5) is 0 Å². The van der Waals surface area contributed by atoms with E-state index in [0.717, 1.165) is 16.7 Å². The Kier molecular flexibility index (Phi) is 7.59. The van der Waals surface area contributed by atoms with Gasteiger partial charge in [-0.2, -0.15) is 4.98 Å². The Morgan fingerprint density at radius 2 is 1.81 bits per heavy atom. The van der Waals surface area contributed by atoms with Crippen molar-refractivity contribution in [3.63, 3.8) is 0 Å². The second kappa shape index (κ2) is 9.91. The quantitative estimate of drug-likeness (QED) is 0.604.